The van der Waals surface area contributed by atoms with E-state index in [1.165, 1.54) is 16.9 Å². The van der Waals surface area contributed by atoms with E-state index in [0.717, 1.165) is 18.4 Å². The molecule has 1 aliphatic rings. The first-order valence-electron chi connectivity index (χ1n) is 9.06. The van der Waals surface area contributed by atoms with Crippen LogP contribution < -0.4 is 10.6 Å². The lowest BCUT2D eigenvalue weighted by Crippen LogP contribution is -2.86. The van der Waals surface area contributed by atoms with Crippen LogP contribution in [0.25, 0.3) is 0 Å². The van der Waals surface area contributed by atoms with Crippen LogP contribution in [0.3, 0.4) is 0 Å². The van der Waals surface area contributed by atoms with Crippen molar-refractivity contribution in [3.63, 3.8) is 0 Å². The van der Waals surface area contributed by atoms with Crippen LogP contribution in [0.15, 0.2) is 35.7 Å². The Balaban J connectivity index is 1.63. The molecule has 0 spiro atoms. The number of nitrogens with two attached hydrogens (primary N) is 1. The second-order valence-corrected chi connectivity index (χ2v) is 7.46. The van der Waals surface area contributed by atoms with Crippen molar-refractivity contribution >= 4 is 28.2 Å². The molecule has 2 aromatic rings. The number of benzene rings is 1. The molecule has 1 heterocycles. The highest BCUT2D eigenvalue weighted by Crippen LogP contribution is 2.46. The third kappa shape index (κ3) is 4.51. The monoisotopic (exact) mass is 373 g/mol. The smallest absolute Gasteiger partial charge is 0.341 e. The summed E-state index contributed by atoms with van der Waals surface area (Å²) in [6, 6.07) is 10.3. The Kier molecular flexibility index (Phi) is 6.06. The van der Waals surface area contributed by atoms with Crippen LogP contribution in [0.1, 0.15) is 60.1 Å². The van der Waals surface area contributed by atoms with E-state index in [1.54, 1.807) is 6.92 Å². The Morgan fingerprint density at radius 1 is 1.31 bits per heavy atom. The van der Waals surface area contributed by atoms with Crippen LogP contribution in [-0.2, 0) is 9.53 Å². The number of hydrogen-bond acceptors (Lipinski definition) is 4. The molecule has 1 aromatic heterocycles. The Morgan fingerprint density at radius 3 is 2.69 bits per heavy atom. The molecule has 0 unspecified atom stereocenters. The molecule has 0 radical (unpaired) electrons. The van der Waals surface area contributed by atoms with Gasteiger partial charge in [-0.05, 0) is 43.6 Å². The second-order valence-electron chi connectivity index (χ2n) is 6.58. The molecule has 138 valence electrons. The summed E-state index contributed by atoms with van der Waals surface area (Å²) in [5, 5.41) is 7.49. The molecular weight excluding hydrogens is 348 g/mol. The van der Waals surface area contributed by atoms with E-state index < -0.39 is 0 Å². The predicted octanol–water partition coefficient (Wildman–Crippen LogP) is 3.07. The molecule has 0 bridgehead atoms. The maximum absolute atomic E-state index is 12.4. The van der Waals surface area contributed by atoms with E-state index in [0.29, 0.717) is 29.6 Å². The summed E-state index contributed by atoms with van der Waals surface area (Å²) in [5.74, 6) is -0.0175. The Hall–Kier alpha value is -2.18. The van der Waals surface area contributed by atoms with Crippen molar-refractivity contribution in [2.24, 2.45) is 0 Å². The molecule has 1 aromatic carbocycles. The zero-order chi connectivity index (χ0) is 18.5. The lowest BCUT2D eigenvalue weighted by Gasteiger charge is -2.11. The SMILES string of the molecule is CCOC(=O)c1c(C2CC2)csc1NC(=O)C[NH2+][C@H](C)c1ccccc1. The van der Waals surface area contributed by atoms with Crippen LogP contribution in [0, 0.1) is 0 Å². The lowest BCUT2D eigenvalue weighted by molar-refractivity contribution is -0.682. The zero-order valence-corrected chi connectivity index (χ0v) is 16.0. The number of thiophene rings is 1. The van der Waals surface area contributed by atoms with Gasteiger partial charge in [-0.15, -0.1) is 11.3 Å². The molecule has 1 aliphatic carbocycles. The van der Waals surface area contributed by atoms with Gasteiger partial charge in [-0.3, -0.25) is 4.79 Å². The van der Waals surface area contributed by atoms with Crippen LogP contribution in [0.5, 0.6) is 0 Å². The molecule has 3 rings (SSSR count). The lowest BCUT2D eigenvalue weighted by atomic mass is 10.1. The topological polar surface area (TPSA) is 72.0 Å². The number of nitrogens with one attached hydrogen (secondary N) is 1. The van der Waals surface area contributed by atoms with E-state index in [-0.39, 0.29) is 17.9 Å². The molecule has 0 aliphatic heterocycles. The van der Waals surface area contributed by atoms with Crippen molar-refractivity contribution in [3.8, 4) is 0 Å². The summed E-state index contributed by atoms with van der Waals surface area (Å²) in [7, 11) is 0. The van der Waals surface area contributed by atoms with Crippen molar-refractivity contribution in [3.05, 3.63) is 52.4 Å². The van der Waals surface area contributed by atoms with Gasteiger partial charge in [-0.2, -0.15) is 0 Å². The number of carbonyl (C=O) groups is 2. The number of anilines is 1. The van der Waals surface area contributed by atoms with Gasteiger partial charge in [0.15, 0.2) is 6.54 Å². The third-order valence-corrected chi connectivity index (χ3v) is 5.46. The molecule has 5 nitrogen and oxygen atoms in total. The first-order valence-corrected chi connectivity index (χ1v) is 9.94. The molecule has 3 N–H and O–H groups in total. The fourth-order valence-electron chi connectivity index (χ4n) is 2.93. The van der Waals surface area contributed by atoms with E-state index in [2.05, 4.69) is 24.4 Å². The van der Waals surface area contributed by atoms with Crippen molar-refractivity contribution in [2.75, 3.05) is 18.5 Å². The Morgan fingerprint density at radius 2 is 2.04 bits per heavy atom. The minimum absolute atomic E-state index is 0.109. The van der Waals surface area contributed by atoms with Crippen molar-refractivity contribution in [2.45, 2.75) is 38.6 Å². The average Bonchev–Trinajstić information content (AvgIpc) is 3.41. The molecule has 1 fully saturated rings. The van der Waals surface area contributed by atoms with Crippen molar-refractivity contribution < 1.29 is 19.6 Å². The Labute approximate surface area is 157 Å². The molecular formula is C20H25N2O3S+. The summed E-state index contributed by atoms with van der Waals surface area (Å²) < 4.78 is 5.19. The maximum atomic E-state index is 12.4. The minimum Gasteiger partial charge on any atom is -0.462 e. The molecule has 1 amide bonds. The van der Waals surface area contributed by atoms with Crippen LogP contribution >= 0.6 is 11.3 Å². The van der Waals surface area contributed by atoms with Crippen molar-refractivity contribution in [1.82, 2.24) is 0 Å². The van der Waals surface area contributed by atoms with Gasteiger partial charge in [0.25, 0.3) is 5.91 Å². The largest absolute Gasteiger partial charge is 0.462 e. The average molecular weight is 373 g/mol. The third-order valence-electron chi connectivity index (χ3n) is 4.55. The van der Waals surface area contributed by atoms with Gasteiger partial charge in [0.1, 0.15) is 11.0 Å². The van der Waals surface area contributed by atoms with Gasteiger partial charge in [0, 0.05) is 5.56 Å². The van der Waals surface area contributed by atoms with Gasteiger partial charge < -0.3 is 15.4 Å². The van der Waals surface area contributed by atoms with Crippen LogP contribution in [0.4, 0.5) is 5.00 Å². The normalized spacial score (nSPS) is 14.7. The van der Waals surface area contributed by atoms with Gasteiger partial charge in [0.2, 0.25) is 0 Å². The summed E-state index contributed by atoms with van der Waals surface area (Å²) >= 11 is 1.41. The number of carbonyl (C=O) groups excluding carboxylic acids is 2. The fourth-order valence-corrected chi connectivity index (χ4v) is 3.97. The molecule has 1 atom stereocenters. The molecule has 1 saturated carbocycles. The Bertz CT molecular complexity index is 769. The van der Waals surface area contributed by atoms with Gasteiger partial charge in [0.05, 0.1) is 12.2 Å². The summed E-state index contributed by atoms with van der Waals surface area (Å²) in [5.41, 5.74) is 2.74. The molecule has 6 heteroatoms. The van der Waals surface area contributed by atoms with Crippen molar-refractivity contribution in [1.29, 1.82) is 0 Å². The maximum Gasteiger partial charge on any atom is 0.341 e. The zero-order valence-electron chi connectivity index (χ0n) is 15.2. The number of esters is 1. The van der Waals surface area contributed by atoms with Gasteiger partial charge in [-0.25, -0.2) is 4.79 Å². The standard InChI is InChI=1S/C20H24N2O3S/c1-3-25-20(24)18-16(15-9-10-15)12-26-19(18)22-17(23)11-21-13(2)14-7-5-4-6-8-14/h4-8,12-13,15,21H,3,9-11H2,1-2H3,(H,22,23)/p+1/t13-/m1/s1. The fraction of sp³-hybridized carbons (Fsp3) is 0.400. The molecule has 0 saturated heterocycles. The highest BCUT2D eigenvalue weighted by Gasteiger charge is 2.32. The van der Waals surface area contributed by atoms with E-state index >= 15 is 0 Å². The van der Waals surface area contributed by atoms with E-state index in [1.807, 2.05) is 28.9 Å². The van der Waals surface area contributed by atoms with Gasteiger partial charge in [-0.1, -0.05) is 30.3 Å². The number of amides is 1. The molecule has 26 heavy (non-hydrogen) atoms. The van der Waals surface area contributed by atoms with Gasteiger partial charge >= 0.3 is 5.97 Å². The number of ether oxygens (including phenoxy) is 1. The van der Waals surface area contributed by atoms with E-state index in [4.69, 9.17) is 4.74 Å². The van der Waals surface area contributed by atoms with E-state index in [9.17, 15) is 9.59 Å². The summed E-state index contributed by atoms with van der Waals surface area (Å²) in [4.78, 5) is 24.7. The first kappa shape index (κ1) is 18.6. The summed E-state index contributed by atoms with van der Waals surface area (Å²) in [6.07, 6.45) is 2.19. The predicted molar refractivity (Wildman–Crippen MR) is 103 cm³/mol. The minimum atomic E-state index is -0.340. The highest BCUT2D eigenvalue weighted by molar-refractivity contribution is 7.15. The van der Waals surface area contributed by atoms with Crippen LogP contribution in [0.2, 0.25) is 0 Å². The van der Waals surface area contributed by atoms with Crippen LogP contribution in [-0.4, -0.2) is 25.0 Å². The highest BCUT2D eigenvalue weighted by atomic mass is 32.1. The second kappa shape index (κ2) is 8.47. The number of rotatable bonds is 8. The summed E-state index contributed by atoms with van der Waals surface area (Å²) in [6.45, 7) is 4.49. The number of hydrogen-bond donors (Lipinski definition) is 2. The number of quaternary nitrogens is 1. The quantitative estimate of drug-likeness (QED) is 0.699. The first-order chi connectivity index (χ1) is 12.6.